The summed E-state index contributed by atoms with van der Waals surface area (Å²) in [6.45, 7) is 0. The Balaban J connectivity index is 0.000000340. The highest BCUT2D eigenvalue weighted by Gasteiger charge is 2.08. The first-order valence-electron chi connectivity index (χ1n) is 9.54. The third kappa shape index (κ3) is 11.8. The number of carbonyl (C=O) groups is 6. The molecule has 0 saturated carbocycles. The van der Waals surface area contributed by atoms with Gasteiger partial charge in [0.2, 0.25) is 11.8 Å². The van der Waals surface area contributed by atoms with Crippen LogP contribution in [0.4, 0.5) is 11.4 Å². The molecule has 0 aliphatic heterocycles. The molecule has 0 unspecified atom stereocenters. The number of amides is 2. The molecule has 0 radical (unpaired) electrons. The monoisotopic (exact) mass is 506 g/mol. The largest absolute Gasteiger partial charge is 0.481 e. The van der Waals surface area contributed by atoms with E-state index in [0.717, 1.165) is 23.5 Å². The van der Waals surface area contributed by atoms with Crippen molar-refractivity contribution in [3.63, 3.8) is 0 Å². The molecule has 0 atom stereocenters. The minimum absolute atomic E-state index is 0.0412. The summed E-state index contributed by atoms with van der Waals surface area (Å²) in [7, 11) is 0. The zero-order valence-electron chi connectivity index (χ0n) is 17.8. The number of hydrogen-bond acceptors (Lipinski definition) is 8. The molecule has 2 aromatic rings. The van der Waals surface area contributed by atoms with Gasteiger partial charge in [-0.05, 0) is 24.3 Å². The Morgan fingerprint density at radius 3 is 1.32 bits per heavy atom. The zero-order chi connectivity index (χ0) is 25.3. The van der Waals surface area contributed by atoms with Crippen LogP contribution in [0.3, 0.4) is 0 Å². The van der Waals surface area contributed by atoms with E-state index in [2.05, 4.69) is 10.6 Å². The van der Waals surface area contributed by atoms with E-state index in [1.54, 1.807) is 48.5 Å². The minimum atomic E-state index is -0.962. The van der Waals surface area contributed by atoms with Crippen molar-refractivity contribution in [2.75, 3.05) is 33.6 Å². The standard InChI is InChI=1S/2C11H11NO4S/c2*13-5-8-3-1-2-4-9(8)12-10(14)6-17-7-11(15)16/h2*1-5H,6-7H2,(H,12,14)(H,15,16). The lowest BCUT2D eigenvalue weighted by molar-refractivity contribution is -0.134. The summed E-state index contributed by atoms with van der Waals surface area (Å²) in [4.78, 5) is 64.7. The van der Waals surface area contributed by atoms with Gasteiger partial charge in [0.25, 0.3) is 0 Å². The molecule has 2 aromatic carbocycles. The molecule has 2 amide bonds. The zero-order valence-corrected chi connectivity index (χ0v) is 19.4. The molecule has 2 rings (SSSR count). The Kier molecular flexibility index (Phi) is 13.4. The average molecular weight is 507 g/mol. The molecule has 0 bridgehead atoms. The lowest BCUT2D eigenvalue weighted by Gasteiger charge is -2.06. The Labute approximate surface area is 203 Å². The number of carboxylic acids is 2. The summed E-state index contributed by atoms with van der Waals surface area (Å²) >= 11 is 2.00. The van der Waals surface area contributed by atoms with Crippen LogP contribution in [-0.2, 0) is 19.2 Å². The minimum Gasteiger partial charge on any atom is -0.481 e. The highest BCUT2D eigenvalue weighted by atomic mass is 32.2. The molecule has 10 nitrogen and oxygen atoms in total. The van der Waals surface area contributed by atoms with E-state index >= 15 is 0 Å². The SMILES string of the molecule is O=Cc1ccccc1NC(=O)CSCC(=O)O.O=Cc1ccccc1NC(=O)CSCC(=O)O. The van der Waals surface area contributed by atoms with Gasteiger partial charge in [-0.25, -0.2) is 0 Å². The van der Waals surface area contributed by atoms with Gasteiger partial charge in [0.15, 0.2) is 12.6 Å². The van der Waals surface area contributed by atoms with E-state index in [9.17, 15) is 28.8 Å². The summed E-state index contributed by atoms with van der Waals surface area (Å²) < 4.78 is 0. The smallest absolute Gasteiger partial charge is 0.313 e. The van der Waals surface area contributed by atoms with Crippen LogP contribution < -0.4 is 10.6 Å². The Morgan fingerprint density at radius 2 is 1.00 bits per heavy atom. The third-order valence-electron chi connectivity index (χ3n) is 3.64. The first-order chi connectivity index (χ1) is 16.3. The molecule has 0 saturated heterocycles. The van der Waals surface area contributed by atoms with Crippen molar-refractivity contribution in [3.05, 3.63) is 59.7 Å². The van der Waals surface area contributed by atoms with Gasteiger partial charge in [-0.3, -0.25) is 28.8 Å². The molecule has 34 heavy (non-hydrogen) atoms. The van der Waals surface area contributed by atoms with Crippen molar-refractivity contribution in [3.8, 4) is 0 Å². The van der Waals surface area contributed by atoms with Crippen LogP contribution in [-0.4, -0.2) is 69.5 Å². The fourth-order valence-corrected chi connectivity index (χ4v) is 3.33. The van der Waals surface area contributed by atoms with Crippen LogP contribution in [0.1, 0.15) is 20.7 Å². The number of rotatable bonds is 12. The van der Waals surface area contributed by atoms with Gasteiger partial charge >= 0.3 is 11.9 Å². The van der Waals surface area contributed by atoms with E-state index in [1.165, 1.54) is 0 Å². The maximum Gasteiger partial charge on any atom is 0.313 e. The van der Waals surface area contributed by atoms with E-state index in [0.29, 0.717) is 35.1 Å². The van der Waals surface area contributed by atoms with Gasteiger partial charge in [0.05, 0.1) is 34.4 Å². The predicted molar refractivity (Wildman–Crippen MR) is 131 cm³/mol. The first-order valence-corrected chi connectivity index (χ1v) is 11.8. The van der Waals surface area contributed by atoms with E-state index in [1.807, 2.05) is 0 Å². The van der Waals surface area contributed by atoms with Gasteiger partial charge in [0, 0.05) is 11.1 Å². The van der Waals surface area contributed by atoms with E-state index in [4.69, 9.17) is 10.2 Å². The van der Waals surface area contributed by atoms with E-state index in [-0.39, 0.29) is 34.8 Å². The van der Waals surface area contributed by atoms with Crippen molar-refractivity contribution < 1.29 is 39.0 Å². The van der Waals surface area contributed by atoms with Crippen LogP contribution in [0.2, 0.25) is 0 Å². The van der Waals surface area contributed by atoms with Crippen LogP contribution in [0, 0.1) is 0 Å². The number of hydrogen-bond donors (Lipinski definition) is 4. The van der Waals surface area contributed by atoms with Crippen molar-refractivity contribution in [2.24, 2.45) is 0 Å². The molecule has 12 heteroatoms. The quantitative estimate of drug-likeness (QED) is 0.314. The molecule has 180 valence electrons. The summed E-state index contributed by atoms with van der Waals surface area (Å²) in [5, 5.41) is 21.9. The van der Waals surface area contributed by atoms with Gasteiger partial charge in [-0.1, -0.05) is 24.3 Å². The Hall–Kier alpha value is -3.64. The second kappa shape index (κ2) is 16.0. The van der Waals surface area contributed by atoms with Crippen molar-refractivity contribution in [1.29, 1.82) is 0 Å². The van der Waals surface area contributed by atoms with Gasteiger partial charge in [-0.2, -0.15) is 0 Å². The van der Waals surface area contributed by atoms with Crippen LogP contribution in [0.5, 0.6) is 0 Å². The molecular weight excluding hydrogens is 484 g/mol. The molecule has 0 aromatic heterocycles. The predicted octanol–water partition coefficient (Wildman–Crippen LogP) is 2.51. The van der Waals surface area contributed by atoms with Gasteiger partial charge in [-0.15, -0.1) is 23.5 Å². The second-order valence-electron chi connectivity index (χ2n) is 6.28. The topological polar surface area (TPSA) is 167 Å². The molecule has 0 heterocycles. The molecule has 0 fully saturated rings. The second-order valence-corrected chi connectivity index (χ2v) is 8.25. The number of thioether (sulfide) groups is 2. The number of benzene rings is 2. The van der Waals surface area contributed by atoms with Gasteiger partial charge < -0.3 is 20.8 Å². The highest BCUT2D eigenvalue weighted by molar-refractivity contribution is 8.00. The molecule has 0 aliphatic rings. The number of aldehydes is 2. The lowest BCUT2D eigenvalue weighted by Crippen LogP contribution is -2.16. The number of nitrogens with one attached hydrogen (secondary N) is 2. The Morgan fingerprint density at radius 1 is 0.647 bits per heavy atom. The highest BCUT2D eigenvalue weighted by Crippen LogP contribution is 2.14. The number of carbonyl (C=O) groups excluding carboxylic acids is 4. The lowest BCUT2D eigenvalue weighted by atomic mass is 10.2. The molecule has 0 aliphatic carbocycles. The fraction of sp³-hybridized carbons (Fsp3) is 0.182. The maximum atomic E-state index is 11.4. The number of anilines is 2. The summed E-state index contributed by atoms with van der Waals surface area (Å²) in [6.07, 6.45) is 1.31. The van der Waals surface area contributed by atoms with Crippen LogP contribution in [0.25, 0.3) is 0 Å². The van der Waals surface area contributed by atoms with Crippen molar-refractivity contribution >= 4 is 71.2 Å². The summed E-state index contributed by atoms with van der Waals surface area (Å²) in [5.41, 5.74) is 1.65. The van der Waals surface area contributed by atoms with E-state index < -0.39 is 11.9 Å². The van der Waals surface area contributed by atoms with Crippen molar-refractivity contribution in [1.82, 2.24) is 0 Å². The molecule has 0 spiro atoms. The third-order valence-corrected chi connectivity index (χ3v) is 5.48. The van der Waals surface area contributed by atoms with Crippen LogP contribution >= 0.6 is 23.5 Å². The summed E-state index contributed by atoms with van der Waals surface area (Å²) in [5.74, 6) is -2.74. The number of aliphatic carboxylic acids is 2. The maximum absolute atomic E-state index is 11.4. The average Bonchev–Trinajstić information content (AvgIpc) is 2.79. The fourth-order valence-electron chi connectivity index (χ4n) is 2.26. The molecular formula is C22H22N2O8S2. The number of carboxylic acid groups (broad SMARTS) is 2. The normalized spacial score (nSPS) is 9.65. The van der Waals surface area contributed by atoms with Gasteiger partial charge in [0.1, 0.15) is 0 Å². The first kappa shape index (κ1) is 28.4. The molecule has 4 N–H and O–H groups in total. The Bertz CT molecular complexity index is 948. The van der Waals surface area contributed by atoms with Crippen molar-refractivity contribution in [2.45, 2.75) is 0 Å². The number of para-hydroxylation sites is 2. The summed E-state index contributed by atoms with van der Waals surface area (Å²) in [6, 6.07) is 13.2. The van der Waals surface area contributed by atoms with Crippen LogP contribution in [0.15, 0.2) is 48.5 Å².